The van der Waals surface area contributed by atoms with Crippen molar-refractivity contribution < 1.29 is 5.11 Å². The van der Waals surface area contributed by atoms with E-state index in [4.69, 9.17) is 4.98 Å². The van der Waals surface area contributed by atoms with Crippen molar-refractivity contribution in [1.82, 2.24) is 14.5 Å². The van der Waals surface area contributed by atoms with Crippen molar-refractivity contribution in [2.75, 3.05) is 19.6 Å². The van der Waals surface area contributed by atoms with Crippen LogP contribution in [0.15, 0.2) is 72.8 Å². The van der Waals surface area contributed by atoms with Gasteiger partial charge in [0.2, 0.25) is 0 Å². The Morgan fingerprint density at radius 2 is 1.53 bits per heavy atom. The number of hydrogen-bond donors (Lipinski definition) is 1. The molecule has 172 valence electrons. The summed E-state index contributed by atoms with van der Waals surface area (Å²) in [5.74, 6) is 1.60. The molecule has 1 saturated heterocycles. The maximum absolute atomic E-state index is 11.3. The molecule has 3 aliphatic rings. The van der Waals surface area contributed by atoms with Gasteiger partial charge in [0.05, 0.1) is 11.0 Å². The number of benzene rings is 3. The van der Waals surface area contributed by atoms with Gasteiger partial charge in [-0.05, 0) is 72.7 Å². The quantitative estimate of drug-likeness (QED) is 0.468. The standard InChI is InChI=1S/C30H31N3O/c1-32-27-13-7-6-12-26(27)31-29(32)28(34)20-14-16-33(17-15-20)19-30-18-23(21-8-2-4-10-24(21)30)22-9-3-5-11-25(22)30/h2-13,20,23,28,34H,14-19H2,1H3/t23?,28-,30?/m0/s1. The summed E-state index contributed by atoms with van der Waals surface area (Å²) >= 11 is 0. The maximum atomic E-state index is 11.3. The number of para-hydroxylation sites is 2. The van der Waals surface area contributed by atoms with E-state index >= 15 is 0 Å². The van der Waals surface area contributed by atoms with Gasteiger partial charge in [-0.2, -0.15) is 0 Å². The average Bonchev–Trinajstić information content (AvgIpc) is 3.52. The van der Waals surface area contributed by atoms with Crippen molar-refractivity contribution in [3.05, 3.63) is 101 Å². The van der Waals surface area contributed by atoms with Gasteiger partial charge in [-0.3, -0.25) is 0 Å². The van der Waals surface area contributed by atoms with Crippen LogP contribution in [0.3, 0.4) is 0 Å². The molecule has 3 aromatic carbocycles. The Kier molecular flexibility index (Phi) is 4.52. The second kappa shape index (κ2) is 7.53. The minimum absolute atomic E-state index is 0.112. The summed E-state index contributed by atoms with van der Waals surface area (Å²) in [5, 5.41) is 11.3. The number of rotatable bonds is 4. The molecular formula is C30H31N3O. The summed E-state index contributed by atoms with van der Waals surface area (Å²) in [6.45, 7) is 3.14. The number of nitrogens with zero attached hydrogens (tertiary/aromatic N) is 3. The Balaban J connectivity index is 1.12. The molecule has 2 heterocycles. The topological polar surface area (TPSA) is 41.3 Å². The fourth-order valence-corrected chi connectivity index (χ4v) is 7.26. The first kappa shape index (κ1) is 20.4. The fraction of sp³-hybridized carbons (Fsp3) is 0.367. The van der Waals surface area contributed by atoms with Gasteiger partial charge in [0, 0.05) is 24.9 Å². The van der Waals surface area contributed by atoms with Gasteiger partial charge in [-0.15, -0.1) is 0 Å². The van der Waals surface area contributed by atoms with Gasteiger partial charge >= 0.3 is 0 Å². The smallest absolute Gasteiger partial charge is 0.138 e. The molecule has 2 aliphatic carbocycles. The zero-order chi connectivity index (χ0) is 22.9. The van der Waals surface area contributed by atoms with Crippen LogP contribution in [0.5, 0.6) is 0 Å². The first-order valence-electron chi connectivity index (χ1n) is 12.7. The molecular weight excluding hydrogens is 418 g/mol. The third kappa shape index (κ3) is 2.82. The number of aliphatic hydroxyl groups excluding tert-OH is 1. The van der Waals surface area contributed by atoms with E-state index in [1.165, 1.54) is 17.5 Å². The van der Waals surface area contributed by atoms with E-state index in [1.54, 1.807) is 11.1 Å². The van der Waals surface area contributed by atoms with Crippen LogP contribution in [-0.2, 0) is 12.5 Å². The first-order chi connectivity index (χ1) is 16.7. The number of hydrogen-bond acceptors (Lipinski definition) is 3. The highest BCUT2D eigenvalue weighted by molar-refractivity contribution is 5.75. The van der Waals surface area contributed by atoms with Crippen molar-refractivity contribution in [3.8, 4) is 0 Å². The first-order valence-corrected chi connectivity index (χ1v) is 12.7. The van der Waals surface area contributed by atoms with E-state index in [9.17, 15) is 5.11 Å². The summed E-state index contributed by atoms with van der Waals surface area (Å²) < 4.78 is 2.07. The molecule has 4 nitrogen and oxygen atoms in total. The predicted molar refractivity (Wildman–Crippen MR) is 135 cm³/mol. The predicted octanol–water partition coefficient (Wildman–Crippen LogP) is 5.15. The highest BCUT2D eigenvalue weighted by Crippen LogP contribution is 2.60. The summed E-state index contributed by atoms with van der Waals surface area (Å²) in [7, 11) is 2.02. The summed E-state index contributed by atoms with van der Waals surface area (Å²) in [6.07, 6.45) is 2.70. The van der Waals surface area contributed by atoms with Gasteiger partial charge in [0.25, 0.3) is 0 Å². The lowest BCUT2D eigenvalue weighted by Crippen LogP contribution is -2.44. The van der Waals surface area contributed by atoms with Crippen LogP contribution in [0.1, 0.15) is 59.4 Å². The van der Waals surface area contributed by atoms with Gasteiger partial charge < -0.3 is 14.6 Å². The molecule has 0 saturated carbocycles. The van der Waals surface area contributed by atoms with E-state index < -0.39 is 6.10 Å². The molecule has 1 aromatic heterocycles. The van der Waals surface area contributed by atoms with Crippen molar-refractivity contribution in [1.29, 1.82) is 0 Å². The summed E-state index contributed by atoms with van der Waals surface area (Å²) in [5.41, 5.74) is 8.32. The molecule has 1 fully saturated rings. The number of aromatic nitrogens is 2. The second-order valence-corrected chi connectivity index (χ2v) is 10.6. The van der Waals surface area contributed by atoms with Crippen molar-refractivity contribution in [3.63, 3.8) is 0 Å². The number of aliphatic hydroxyl groups is 1. The van der Waals surface area contributed by atoms with Crippen molar-refractivity contribution >= 4 is 11.0 Å². The minimum atomic E-state index is -0.512. The van der Waals surface area contributed by atoms with E-state index in [0.717, 1.165) is 49.3 Å². The van der Waals surface area contributed by atoms with Crippen LogP contribution in [0, 0.1) is 5.92 Å². The van der Waals surface area contributed by atoms with Crippen molar-refractivity contribution in [2.45, 2.75) is 36.7 Å². The molecule has 1 aliphatic heterocycles. The third-order valence-electron chi connectivity index (χ3n) is 8.91. The lowest BCUT2D eigenvalue weighted by molar-refractivity contribution is 0.0471. The molecule has 34 heavy (non-hydrogen) atoms. The van der Waals surface area contributed by atoms with Crippen LogP contribution >= 0.6 is 0 Å². The number of piperidine rings is 1. The minimum Gasteiger partial charge on any atom is -0.385 e. The Labute approximate surface area is 200 Å². The number of fused-ring (bicyclic) bond motifs is 9. The third-order valence-corrected chi connectivity index (χ3v) is 8.91. The van der Waals surface area contributed by atoms with Crippen LogP contribution in [0.25, 0.3) is 11.0 Å². The Morgan fingerprint density at radius 1 is 0.912 bits per heavy atom. The Hall–Kier alpha value is -2.95. The van der Waals surface area contributed by atoms with E-state index in [1.807, 2.05) is 25.2 Å². The van der Waals surface area contributed by atoms with Gasteiger partial charge in [-0.1, -0.05) is 60.7 Å². The molecule has 4 aromatic rings. The molecule has 1 atom stereocenters. The van der Waals surface area contributed by atoms with Gasteiger partial charge in [0.15, 0.2) is 0 Å². The monoisotopic (exact) mass is 449 g/mol. The second-order valence-electron chi connectivity index (χ2n) is 10.6. The molecule has 4 heteroatoms. The number of likely N-dealkylation sites (tertiary alicyclic amines) is 1. The normalized spacial score (nSPS) is 24.9. The SMILES string of the molecule is Cn1c([C@@H](O)C2CCN(CC34CC(c5ccccc53)c3ccccc34)CC2)nc2ccccc21. The van der Waals surface area contributed by atoms with Crippen molar-refractivity contribution in [2.24, 2.45) is 13.0 Å². The molecule has 2 bridgehead atoms. The molecule has 0 radical (unpaired) electrons. The van der Waals surface area contributed by atoms with Crippen LogP contribution < -0.4 is 0 Å². The van der Waals surface area contributed by atoms with Gasteiger partial charge in [-0.25, -0.2) is 4.98 Å². The van der Waals surface area contributed by atoms with Crippen LogP contribution in [-0.4, -0.2) is 39.2 Å². The molecule has 1 N–H and O–H groups in total. The highest BCUT2D eigenvalue weighted by atomic mass is 16.3. The molecule has 0 spiro atoms. The zero-order valence-electron chi connectivity index (χ0n) is 19.7. The van der Waals surface area contributed by atoms with E-state index in [0.29, 0.717) is 5.92 Å². The maximum Gasteiger partial charge on any atom is 0.138 e. The largest absolute Gasteiger partial charge is 0.385 e. The lowest BCUT2D eigenvalue weighted by atomic mass is 9.74. The number of aryl methyl sites for hydroxylation is 1. The van der Waals surface area contributed by atoms with Crippen LogP contribution in [0.2, 0.25) is 0 Å². The van der Waals surface area contributed by atoms with Crippen LogP contribution in [0.4, 0.5) is 0 Å². The van der Waals surface area contributed by atoms with E-state index in [2.05, 4.69) is 64.1 Å². The fourth-order valence-electron chi connectivity index (χ4n) is 7.26. The summed E-state index contributed by atoms with van der Waals surface area (Å²) in [6, 6.07) is 26.4. The number of imidazole rings is 1. The molecule has 0 amide bonds. The Bertz CT molecular complexity index is 1330. The highest BCUT2D eigenvalue weighted by Gasteiger charge is 2.53. The summed E-state index contributed by atoms with van der Waals surface area (Å²) in [4.78, 5) is 7.42. The zero-order valence-corrected chi connectivity index (χ0v) is 19.7. The Morgan fingerprint density at radius 3 is 2.21 bits per heavy atom. The lowest BCUT2D eigenvalue weighted by Gasteiger charge is -2.40. The molecule has 7 rings (SSSR count). The average molecular weight is 450 g/mol. The van der Waals surface area contributed by atoms with E-state index in [-0.39, 0.29) is 11.3 Å². The van der Waals surface area contributed by atoms with Gasteiger partial charge in [0.1, 0.15) is 11.9 Å². The molecule has 0 unspecified atom stereocenters.